The molecule has 2 heterocycles. The number of amides is 2. The second-order valence-corrected chi connectivity index (χ2v) is 6.86. The number of nitriles is 1. The van der Waals surface area contributed by atoms with Crippen molar-refractivity contribution in [2.24, 2.45) is 0 Å². The SMILES string of the molecule is C=CC(=O)Nc1ccc2nccc(Oc3ccc(C(=O)Nc4cc(C#N)ccn4)cc3)c2c1. The largest absolute Gasteiger partial charge is 0.457 e. The summed E-state index contributed by atoms with van der Waals surface area (Å²) < 4.78 is 6.01. The number of hydrogen-bond donors (Lipinski definition) is 2. The minimum absolute atomic E-state index is 0.294. The van der Waals surface area contributed by atoms with Gasteiger partial charge in [0.2, 0.25) is 5.91 Å². The summed E-state index contributed by atoms with van der Waals surface area (Å²) >= 11 is 0. The van der Waals surface area contributed by atoms with Gasteiger partial charge in [-0.3, -0.25) is 14.6 Å². The molecular weight excluding hydrogens is 418 g/mol. The Balaban J connectivity index is 1.52. The van der Waals surface area contributed by atoms with Crippen molar-refractivity contribution in [2.45, 2.75) is 0 Å². The molecule has 2 N–H and O–H groups in total. The van der Waals surface area contributed by atoms with Gasteiger partial charge in [0.1, 0.15) is 17.3 Å². The number of carbonyl (C=O) groups is 2. The quantitative estimate of drug-likeness (QED) is 0.425. The summed E-state index contributed by atoms with van der Waals surface area (Å²) in [6.45, 7) is 3.45. The Morgan fingerprint density at radius 3 is 2.52 bits per heavy atom. The van der Waals surface area contributed by atoms with Crippen LogP contribution in [0.25, 0.3) is 10.9 Å². The van der Waals surface area contributed by atoms with Crippen LogP contribution in [-0.2, 0) is 4.79 Å². The number of benzene rings is 2. The molecule has 33 heavy (non-hydrogen) atoms. The normalized spacial score (nSPS) is 10.2. The van der Waals surface area contributed by atoms with E-state index in [9.17, 15) is 9.59 Å². The van der Waals surface area contributed by atoms with Gasteiger partial charge in [0, 0.05) is 29.0 Å². The van der Waals surface area contributed by atoms with E-state index >= 15 is 0 Å². The molecule has 0 unspecified atom stereocenters. The molecule has 160 valence electrons. The lowest BCUT2D eigenvalue weighted by atomic mass is 10.1. The zero-order chi connectivity index (χ0) is 23.2. The van der Waals surface area contributed by atoms with Gasteiger partial charge < -0.3 is 15.4 Å². The second-order valence-electron chi connectivity index (χ2n) is 6.86. The van der Waals surface area contributed by atoms with Gasteiger partial charge in [-0.2, -0.15) is 5.26 Å². The standard InChI is InChI=1S/C25H17N5O3/c1-2-24(31)29-18-5-8-21-20(14-18)22(10-12-27-21)33-19-6-3-17(4-7-19)25(32)30-23-13-16(15-26)9-11-28-23/h2-14H,1H2,(H,29,31)(H,28,30,32). The van der Waals surface area contributed by atoms with Crippen molar-refractivity contribution in [1.29, 1.82) is 5.26 Å². The molecule has 4 rings (SSSR count). The molecule has 0 aliphatic rings. The fraction of sp³-hybridized carbons (Fsp3) is 0. The first-order chi connectivity index (χ1) is 16.1. The first-order valence-electron chi connectivity index (χ1n) is 9.83. The van der Waals surface area contributed by atoms with E-state index in [0.29, 0.717) is 45.0 Å². The number of nitrogens with zero attached hydrogens (tertiary/aromatic N) is 3. The minimum Gasteiger partial charge on any atom is -0.457 e. The van der Waals surface area contributed by atoms with Crippen LogP contribution in [0.1, 0.15) is 15.9 Å². The summed E-state index contributed by atoms with van der Waals surface area (Å²) in [5.74, 6) is 0.681. The van der Waals surface area contributed by atoms with Crippen LogP contribution in [0.3, 0.4) is 0 Å². The summed E-state index contributed by atoms with van der Waals surface area (Å²) in [4.78, 5) is 32.4. The van der Waals surface area contributed by atoms with Crippen LogP contribution >= 0.6 is 0 Å². The number of nitrogens with one attached hydrogen (secondary N) is 2. The van der Waals surface area contributed by atoms with E-state index in [1.54, 1.807) is 60.8 Å². The van der Waals surface area contributed by atoms with Crippen molar-refractivity contribution >= 4 is 34.2 Å². The smallest absolute Gasteiger partial charge is 0.256 e. The van der Waals surface area contributed by atoms with Crippen molar-refractivity contribution in [2.75, 3.05) is 10.6 Å². The summed E-state index contributed by atoms with van der Waals surface area (Å²) in [6, 6.07) is 18.7. The first-order valence-corrected chi connectivity index (χ1v) is 9.83. The number of aromatic nitrogens is 2. The van der Waals surface area contributed by atoms with Crippen LogP contribution in [0.4, 0.5) is 11.5 Å². The summed E-state index contributed by atoms with van der Waals surface area (Å²) in [5, 5.41) is 15.1. The number of rotatable bonds is 6. The van der Waals surface area contributed by atoms with Gasteiger partial charge in [0.25, 0.3) is 5.91 Å². The van der Waals surface area contributed by atoms with Gasteiger partial charge >= 0.3 is 0 Å². The van der Waals surface area contributed by atoms with Crippen LogP contribution < -0.4 is 15.4 Å². The maximum absolute atomic E-state index is 12.5. The Morgan fingerprint density at radius 1 is 0.970 bits per heavy atom. The van der Waals surface area contributed by atoms with Gasteiger partial charge in [0.05, 0.1) is 17.1 Å². The number of ether oxygens (including phenoxy) is 1. The number of carbonyl (C=O) groups excluding carboxylic acids is 2. The van der Waals surface area contributed by atoms with E-state index in [-0.39, 0.29) is 11.8 Å². The van der Waals surface area contributed by atoms with Gasteiger partial charge in [-0.1, -0.05) is 6.58 Å². The van der Waals surface area contributed by atoms with Crippen LogP contribution in [-0.4, -0.2) is 21.8 Å². The number of fused-ring (bicyclic) bond motifs is 1. The third-order valence-electron chi connectivity index (χ3n) is 4.63. The van der Waals surface area contributed by atoms with E-state index in [0.717, 1.165) is 0 Å². The molecule has 0 bridgehead atoms. The molecule has 0 aliphatic carbocycles. The number of anilines is 2. The van der Waals surface area contributed by atoms with Crippen LogP contribution in [0, 0.1) is 11.3 Å². The first kappa shape index (κ1) is 21.2. The molecule has 2 aromatic heterocycles. The van der Waals surface area contributed by atoms with Gasteiger partial charge in [-0.05, 0) is 66.7 Å². The van der Waals surface area contributed by atoms with Gasteiger partial charge in [0.15, 0.2) is 0 Å². The molecule has 8 heteroatoms. The molecular formula is C25H17N5O3. The zero-order valence-corrected chi connectivity index (χ0v) is 17.3. The molecule has 0 saturated carbocycles. The lowest BCUT2D eigenvalue weighted by Crippen LogP contribution is -2.12. The van der Waals surface area contributed by atoms with Gasteiger partial charge in [-0.15, -0.1) is 0 Å². The van der Waals surface area contributed by atoms with Gasteiger partial charge in [-0.25, -0.2) is 4.98 Å². The Kier molecular flexibility index (Phi) is 6.05. The van der Waals surface area contributed by atoms with Crippen LogP contribution in [0.2, 0.25) is 0 Å². The Morgan fingerprint density at radius 2 is 1.76 bits per heavy atom. The Bertz CT molecular complexity index is 1410. The van der Waals surface area contributed by atoms with Crippen molar-refractivity contribution in [3.05, 3.63) is 96.8 Å². The number of pyridine rings is 2. The summed E-state index contributed by atoms with van der Waals surface area (Å²) in [5.41, 5.74) is 2.10. The maximum atomic E-state index is 12.5. The van der Waals surface area contributed by atoms with Crippen molar-refractivity contribution in [1.82, 2.24) is 9.97 Å². The van der Waals surface area contributed by atoms with Crippen molar-refractivity contribution < 1.29 is 14.3 Å². The fourth-order valence-electron chi connectivity index (χ4n) is 3.04. The van der Waals surface area contributed by atoms with E-state index < -0.39 is 0 Å². The van der Waals surface area contributed by atoms with Crippen LogP contribution in [0.5, 0.6) is 11.5 Å². The highest BCUT2D eigenvalue weighted by Crippen LogP contribution is 2.31. The zero-order valence-electron chi connectivity index (χ0n) is 17.3. The Labute approximate surface area is 189 Å². The minimum atomic E-state index is -0.360. The molecule has 0 fully saturated rings. The molecule has 2 amide bonds. The fourth-order valence-corrected chi connectivity index (χ4v) is 3.04. The van der Waals surface area contributed by atoms with Crippen LogP contribution in [0.15, 0.2) is 85.7 Å². The molecule has 0 aliphatic heterocycles. The third kappa shape index (κ3) is 5.00. The predicted octanol–water partition coefficient (Wildman–Crippen LogP) is 4.67. The van der Waals surface area contributed by atoms with E-state index in [1.807, 2.05) is 6.07 Å². The molecule has 0 spiro atoms. The highest BCUT2D eigenvalue weighted by atomic mass is 16.5. The molecule has 0 atom stereocenters. The number of hydrogen-bond acceptors (Lipinski definition) is 6. The average molecular weight is 435 g/mol. The van der Waals surface area contributed by atoms with Crippen molar-refractivity contribution in [3.8, 4) is 17.6 Å². The molecule has 0 saturated heterocycles. The van der Waals surface area contributed by atoms with Crippen molar-refractivity contribution in [3.63, 3.8) is 0 Å². The second kappa shape index (κ2) is 9.41. The lowest BCUT2D eigenvalue weighted by Gasteiger charge is -2.11. The monoisotopic (exact) mass is 435 g/mol. The lowest BCUT2D eigenvalue weighted by molar-refractivity contribution is -0.111. The maximum Gasteiger partial charge on any atom is 0.256 e. The highest BCUT2D eigenvalue weighted by Gasteiger charge is 2.10. The summed E-state index contributed by atoms with van der Waals surface area (Å²) in [7, 11) is 0. The molecule has 0 radical (unpaired) electrons. The highest BCUT2D eigenvalue weighted by molar-refractivity contribution is 6.04. The topological polar surface area (TPSA) is 117 Å². The molecule has 4 aromatic rings. The average Bonchev–Trinajstić information content (AvgIpc) is 2.85. The molecule has 8 nitrogen and oxygen atoms in total. The van der Waals surface area contributed by atoms with E-state index in [2.05, 4.69) is 27.2 Å². The van der Waals surface area contributed by atoms with E-state index in [4.69, 9.17) is 10.00 Å². The third-order valence-corrected chi connectivity index (χ3v) is 4.63. The van der Waals surface area contributed by atoms with E-state index in [1.165, 1.54) is 18.3 Å². The predicted molar refractivity (Wildman–Crippen MR) is 124 cm³/mol. The molecule has 2 aromatic carbocycles. The summed E-state index contributed by atoms with van der Waals surface area (Å²) in [6.07, 6.45) is 4.28. The Hall–Kier alpha value is -5.03.